The third-order valence-electron chi connectivity index (χ3n) is 4.26. The van der Waals surface area contributed by atoms with Gasteiger partial charge in [-0.15, -0.1) is 12.4 Å². The maximum Gasteiger partial charge on any atom is 0.224 e. The van der Waals surface area contributed by atoms with Crippen LogP contribution in [0.2, 0.25) is 0 Å². The van der Waals surface area contributed by atoms with E-state index in [2.05, 4.69) is 33.0 Å². The summed E-state index contributed by atoms with van der Waals surface area (Å²) in [5.41, 5.74) is 7.99. The number of nitrogen functional groups attached to an aromatic ring is 1. The Morgan fingerprint density at radius 1 is 1.14 bits per heavy atom. The molecule has 0 atom stereocenters. The van der Waals surface area contributed by atoms with Crippen molar-refractivity contribution in [1.82, 2.24) is 5.32 Å². The second kappa shape index (κ2) is 6.91. The third-order valence-corrected chi connectivity index (χ3v) is 4.26. The number of hydrogen-bond donors (Lipinski definition) is 2. The Labute approximate surface area is 140 Å². The molecule has 1 aromatic rings. The van der Waals surface area contributed by atoms with Gasteiger partial charge in [0.1, 0.15) is 0 Å². The Kier molecular flexibility index (Phi) is 5.91. The van der Waals surface area contributed by atoms with Crippen molar-refractivity contribution in [3.8, 4) is 0 Å². The smallest absolute Gasteiger partial charge is 0.224 e. The van der Waals surface area contributed by atoms with Crippen LogP contribution < -0.4 is 11.1 Å². The standard InChI is InChI=1S/C18H28N2O.ClH/c1-17(2)10-15(11-18(3,4)12-17)20-16(21)9-13-5-7-14(19)8-6-13;/h5-8,15H,9-12,19H2,1-4H3,(H,20,21);1H. The number of halogens is 1. The predicted octanol–water partition coefficient (Wildman–Crippen LogP) is 3.95. The Bertz CT molecular complexity index is 492. The number of carbonyl (C=O) groups excluding carboxylic acids is 1. The van der Waals surface area contributed by atoms with Gasteiger partial charge in [0.15, 0.2) is 0 Å². The molecule has 0 unspecified atom stereocenters. The van der Waals surface area contributed by atoms with Crippen LogP contribution in [0.1, 0.15) is 52.5 Å². The summed E-state index contributed by atoms with van der Waals surface area (Å²) in [6.45, 7) is 9.19. The van der Waals surface area contributed by atoms with Crippen molar-refractivity contribution in [2.24, 2.45) is 10.8 Å². The van der Waals surface area contributed by atoms with E-state index < -0.39 is 0 Å². The Morgan fingerprint density at radius 2 is 1.64 bits per heavy atom. The van der Waals surface area contributed by atoms with Gasteiger partial charge in [0.05, 0.1) is 6.42 Å². The van der Waals surface area contributed by atoms with Crippen LogP contribution in [0.3, 0.4) is 0 Å². The molecule has 124 valence electrons. The maximum atomic E-state index is 12.2. The van der Waals surface area contributed by atoms with Gasteiger partial charge in [0, 0.05) is 11.7 Å². The van der Waals surface area contributed by atoms with E-state index in [-0.39, 0.29) is 24.4 Å². The summed E-state index contributed by atoms with van der Waals surface area (Å²) in [5, 5.41) is 3.22. The van der Waals surface area contributed by atoms with Crippen molar-refractivity contribution in [2.75, 3.05) is 5.73 Å². The van der Waals surface area contributed by atoms with E-state index in [0.29, 0.717) is 17.3 Å². The second-order valence-corrected chi connectivity index (χ2v) is 8.10. The number of hydrogen-bond acceptors (Lipinski definition) is 2. The fraction of sp³-hybridized carbons (Fsp3) is 0.611. The summed E-state index contributed by atoms with van der Waals surface area (Å²) in [6.07, 6.45) is 3.76. The molecular weight excluding hydrogens is 296 g/mol. The molecule has 0 aliphatic heterocycles. The van der Waals surface area contributed by atoms with Crippen LogP contribution in [-0.2, 0) is 11.2 Å². The highest BCUT2D eigenvalue weighted by molar-refractivity contribution is 5.85. The van der Waals surface area contributed by atoms with Crippen LogP contribution in [0.15, 0.2) is 24.3 Å². The first-order chi connectivity index (χ1) is 9.65. The van der Waals surface area contributed by atoms with E-state index in [0.717, 1.165) is 24.1 Å². The lowest BCUT2D eigenvalue weighted by Gasteiger charge is -2.45. The van der Waals surface area contributed by atoms with E-state index in [4.69, 9.17) is 5.73 Å². The molecule has 0 radical (unpaired) electrons. The first-order valence-corrected chi connectivity index (χ1v) is 7.79. The molecule has 4 heteroatoms. The Hall–Kier alpha value is -1.22. The lowest BCUT2D eigenvalue weighted by Crippen LogP contribution is -2.46. The molecule has 2 rings (SSSR count). The fourth-order valence-corrected chi connectivity index (χ4v) is 4.05. The van der Waals surface area contributed by atoms with Gasteiger partial charge >= 0.3 is 0 Å². The monoisotopic (exact) mass is 324 g/mol. The number of rotatable bonds is 3. The van der Waals surface area contributed by atoms with Crippen molar-refractivity contribution in [1.29, 1.82) is 0 Å². The van der Waals surface area contributed by atoms with Gasteiger partial charge in [-0.1, -0.05) is 39.8 Å². The number of carbonyl (C=O) groups is 1. The van der Waals surface area contributed by atoms with Crippen molar-refractivity contribution in [2.45, 2.75) is 59.4 Å². The molecule has 1 aromatic carbocycles. The van der Waals surface area contributed by atoms with Crippen molar-refractivity contribution in [3.63, 3.8) is 0 Å². The predicted molar refractivity (Wildman–Crippen MR) is 95.2 cm³/mol. The zero-order valence-corrected chi connectivity index (χ0v) is 14.9. The van der Waals surface area contributed by atoms with Gasteiger partial charge in [-0.3, -0.25) is 4.79 Å². The molecular formula is C18H29ClN2O. The second-order valence-electron chi connectivity index (χ2n) is 8.10. The minimum Gasteiger partial charge on any atom is -0.399 e. The third kappa shape index (κ3) is 5.53. The topological polar surface area (TPSA) is 55.1 Å². The van der Waals surface area contributed by atoms with Gasteiger partial charge in [-0.05, 0) is 47.8 Å². The molecule has 3 nitrogen and oxygen atoms in total. The molecule has 0 saturated heterocycles. The molecule has 0 spiro atoms. The molecule has 1 aliphatic rings. The molecule has 1 aliphatic carbocycles. The van der Waals surface area contributed by atoms with Gasteiger partial charge < -0.3 is 11.1 Å². The first-order valence-electron chi connectivity index (χ1n) is 7.79. The number of benzene rings is 1. The molecule has 0 heterocycles. The zero-order valence-electron chi connectivity index (χ0n) is 14.1. The summed E-state index contributed by atoms with van der Waals surface area (Å²) < 4.78 is 0. The minimum atomic E-state index is 0. The number of nitrogens with two attached hydrogens (primary N) is 1. The van der Waals surface area contributed by atoms with Crippen LogP contribution in [-0.4, -0.2) is 11.9 Å². The van der Waals surface area contributed by atoms with Crippen LogP contribution in [0.5, 0.6) is 0 Å². The van der Waals surface area contributed by atoms with Gasteiger partial charge in [0.25, 0.3) is 0 Å². The van der Waals surface area contributed by atoms with Crippen LogP contribution in [0, 0.1) is 10.8 Å². The van der Waals surface area contributed by atoms with Crippen LogP contribution in [0.25, 0.3) is 0 Å². The summed E-state index contributed by atoms with van der Waals surface area (Å²) in [5.74, 6) is 0.110. The molecule has 0 bridgehead atoms. The van der Waals surface area contributed by atoms with Gasteiger partial charge in [0.2, 0.25) is 5.91 Å². The SMILES string of the molecule is CC1(C)CC(NC(=O)Cc2ccc(N)cc2)CC(C)(C)C1.Cl. The molecule has 3 N–H and O–H groups in total. The van der Waals surface area contributed by atoms with Crippen molar-refractivity contribution < 1.29 is 4.79 Å². The van der Waals surface area contributed by atoms with Crippen LogP contribution in [0.4, 0.5) is 5.69 Å². The fourth-order valence-electron chi connectivity index (χ4n) is 4.05. The highest BCUT2D eigenvalue weighted by Crippen LogP contribution is 2.45. The van der Waals surface area contributed by atoms with Crippen molar-refractivity contribution >= 4 is 24.0 Å². The minimum absolute atomic E-state index is 0. The summed E-state index contributed by atoms with van der Waals surface area (Å²) in [4.78, 5) is 12.2. The summed E-state index contributed by atoms with van der Waals surface area (Å²) in [7, 11) is 0. The van der Waals surface area contributed by atoms with E-state index >= 15 is 0 Å². The van der Waals surface area contributed by atoms with Gasteiger partial charge in [-0.2, -0.15) is 0 Å². The summed E-state index contributed by atoms with van der Waals surface area (Å²) >= 11 is 0. The normalized spacial score (nSPS) is 20.0. The molecule has 1 saturated carbocycles. The van der Waals surface area contributed by atoms with E-state index in [1.54, 1.807) is 0 Å². The Balaban J connectivity index is 0.00000242. The first kappa shape index (κ1) is 18.8. The van der Waals surface area contributed by atoms with E-state index in [9.17, 15) is 4.79 Å². The molecule has 1 amide bonds. The van der Waals surface area contributed by atoms with Crippen LogP contribution >= 0.6 is 12.4 Å². The van der Waals surface area contributed by atoms with Crippen molar-refractivity contribution in [3.05, 3.63) is 29.8 Å². The quantitative estimate of drug-likeness (QED) is 0.827. The Morgan fingerprint density at radius 3 is 2.14 bits per heavy atom. The molecule has 22 heavy (non-hydrogen) atoms. The van der Waals surface area contributed by atoms with Gasteiger partial charge in [-0.25, -0.2) is 0 Å². The average molecular weight is 325 g/mol. The lowest BCUT2D eigenvalue weighted by molar-refractivity contribution is -0.122. The average Bonchev–Trinajstić information content (AvgIpc) is 2.27. The molecule has 0 aromatic heterocycles. The number of amides is 1. The highest BCUT2D eigenvalue weighted by atomic mass is 35.5. The summed E-state index contributed by atoms with van der Waals surface area (Å²) in [6, 6.07) is 7.81. The highest BCUT2D eigenvalue weighted by Gasteiger charge is 2.38. The zero-order chi connectivity index (χ0) is 15.7. The maximum absolute atomic E-state index is 12.2. The largest absolute Gasteiger partial charge is 0.399 e. The van der Waals surface area contributed by atoms with E-state index in [1.807, 2.05) is 24.3 Å². The lowest BCUT2D eigenvalue weighted by atomic mass is 9.63. The molecule has 1 fully saturated rings. The number of anilines is 1. The van der Waals surface area contributed by atoms with E-state index in [1.165, 1.54) is 6.42 Å². The number of nitrogens with one attached hydrogen (secondary N) is 1.